The lowest BCUT2D eigenvalue weighted by Crippen LogP contribution is -1.89. The summed E-state index contributed by atoms with van der Waals surface area (Å²) in [5, 5.41) is 8.41. The van der Waals surface area contributed by atoms with Gasteiger partial charge in [0.15, 0.2) is 0 Å². The van der Waals surface area contributed by atoms with E-state index in [0.29, 0.717) is 0 Å². The average Bonchev–Trinajstić information content (AvgIpc) is 2.66. The van der Waals surface area contributed by atoms with Crippen LogP contribution in [0.15, 0.2) is 94.1 Å². The number of azo groups is 1. The maximum Gasteiger partial charge on any atom is 0.127 e. The minimum absolute atomic E-state index is 0.787. The highest BCUT2D eigenvalue weighted by molar-refractivity contribution is 5.85. The number of ether oxygens (including phenoxy) is 1. The Balaban J connectivity index is 1.70. The molecule has 0 aliphatic heterocycles. The third-order valence-corrected chi connectivity index (χ3v) is 3.38. The number of hydrogen-bond donors (Lipinski definition) is 0. The fourth-order valence-electron chi connectivity index (χ4n) is 2.13. The van der Waals surface area contributed by atoms with E-state index in [-0.39, 0.29) is 0 Å². The monoisotopic (exact) mass is 315 g/mol. The predicted octanol–water partition coefficient (Wildman–Crippen LogP) is 5.86. The van der Waals surface area contributed by atoms with Gasteiger partial charge in [0.1, 0.15) is 5.75 Å². The fraction of sp³-hybridized carbons (Fsp3) is 0.0500. The molecule has 3 aromatic rings. The highest BCUT2D eigenvalue weighted by Gasteiger charge is 1.98. The standard InChI is InChI=1S/C20H17N3O/c1-24-20-10-6-5-7-16(20)15-21-17-11-13-19(14-12-17)23-22-18-8-3-2-4-9-18/h2-15H,1H3/b21-15+,23-22+. The van der Waals surface area contributed by atoms with Crippen molar-refractivity contribution in [3.05, 3.63) is 84.4 Å². The molecule has 0 saturated heterocycles. The van der Waals surface area contributed by atoms with Gasteiger partial charge in [-0.15, -0.1) is 0 Å². The minimum Gasteiger partial charge on any atom is -0.496 e. The largest absolute Gasteiger partial charge is 0.496 e. The van der Waals surface area contributed by atoms with E-state index in [4.69, 9.17) is 4.74 Å². The van der Waals surface area contributed by atoms with Crippen molar-refractivity contribution < 1.29 is 4.74 Å². The Morgan fingerprint density at radius 3 is 1.96 bits per heavy atom. The van der Waals surface area contributed by atoms with Crippen molar-refractivity contribution in [2.45, 2.75) is 0 Å². The zero-order valence-electron chi connectivity index (χ0n) is 13.3. The molecule has 3 rings (SSSR count). The second-order valence-electron chi connectivity index (χ2n) is 5.05. The average molecular weight is 315 g/mol. The molecule has 0 aliphatic rings. The smallest absolute Gasteiger partial charge is 0.127 e. The summed E-state index contributed by atoms with van der Waals surface area (Å²) >= 11 is 0. The van der Waals surface area contributed by atoms with E-state index in [2.05, 4.69) is 15.2 Å². The SMILES string of the molecule is COc1ccccc1/C=N/c1ccc(/N=N/c2ccccc2)cc1. The molecule has 0 aromatic heterocycles. The van der Waals surface area contributed by atoms with E-state index < -0.39 is 0 Å². The third-order valence-electron chi connectivity index (χ3n) is 3.38. The van der Waals surface area contributed by atoms with Crippen LogP contribution >= 0.6 is 0 Å². The van der Waals surface area contributed by atoms with Crippen LogP contribution in [0.25, 0.3) is 0 Å². The number of para-hydroxylation sites is 1. The van der Waals surface area contributed by atoms with Crippen molar-refractivity contribution in [1.82, 2.24) is 0 Å². The number of rotatable bonds is 5. The zero-order chi connectivity index (χ0) is 16.6. The van der Waals surface area contributed by atoms with Crippen LogP contribution in [0.3, 0.4) is 0 Å². The Labute approximate surface area is 141 Å². The normalized spacial score (nSPS) is 11.2. The van der Waals surface area contributed by atoms with Gasteiger partial charge >= 0.3 is 0 Å². The lowest BCUT2D eigenvalue weighted by Gasteiger charge is -2.02. The third kappa shape index (κ3) is 4.14. The van der Waals surface area contributed by atoms with Gasteiger partial charge in [0.05, 0.1) is 24.2 Å². The predicted molar refractivity (Wildman–Crippen MR) is 97.3 cm³/mol. The maximum absolute atomic E-state index is 5.31. The van der Waals surface area contributed by atoms with Crippen molar-refractivity contribution in [3.63, 3.8) is 0 Å². The van der Waals surface area contributed by atoms with Gasteiger partial charge in [0, 0.05) is 11.8 Å². The number of hydrogen-bond acceptors (Lipinski definition) is 4. The maximum atomic E-state index is 5.31. The van der Waals surface area contributed by atoms with Gasteiger partial charge in [-0.05, 0) is 48.5 Å². The number of aliphatic imine (C=N–C) groups is 1. The second-order valence-corrected chi connectivity index (χ2v) is 5.05. The van der Waals surface area contributed by atoms with Gasteiger partial charge in [-0.2, -0.15) is 10.2 Å². The van der Waals surface area contributed by atoms with E-state index in [0.717, 1.165) is 28.4 Å². The van der Waals surface area contributed by atoms with Crippen molar-refractivity contribution >= 4 is 23.3 Å². The molecule has 0 unspecified atom stereocenters. The molecule has 0 saturated carbocycles. The summed E-state index contributed by atoms with van der Waals surface area (Å²) in [7, 11) is 1.65. The lowest BCUT2D eigenvalue weighted by molar-refractivity contribution is 0.414. The Hall–Kier alpha value is -3.27. The van der Waals surface area contributed by atoms with Gasteiger partial charge in [-0.1, -0.05) is 30.3 Å². The number of benzene rings is 3. The highest BCUT2D eigenvalue weighted by Crippen LogP contribution is 2.22. The van der Waals surface area contributed by atoms with Crippen LogP contribution in [0.5, 0.6) is 5.75 Å². The van der Waals surface area contributed by atoms with Gasteiger partial charge in [-0.25, -0.2) is 0 Å². The van der Waals surface area contributed by atoms with Crippen LogP contribution in [0.4, 0.5) is 17.1 Å². The molecule has 0 radical (unpaired) electrons. The molecule has 0 amide bonds. The molecule has 0 spiro atoms. The first-order chi connectivity index (χ1) is 11.8. The first kappa shape index (κ1) is 15.6. The topological polar surface area (TPSA) is 46.3 Å². The van der Waals surface area contributed by atoms with Gasteiger partial charge in [0.25, 0.3) is 0 Å². The first-order valence-corrected chi connectivity index (χ1v) is 7.59. The molecule has 0 aliphatic carbocycles. The molecule has 4 nitrogen and oxygen atoms in total. The molecule has 0 N–H and O–H groups in total. The molecule has 118 valence electrons. The Morgan fingerprint density at radius 1 is 0.667 bits per heavy atom. The van der Waals surface area contributed by atoms with Crippen molar-refractivity contribution in [2.75, 3.05) is 7.11 Å². The fourth-order valence-corrected chi connectivity index (χ4v) is 2.13. The summed E-state index contributed by atoms with van der Waals surface area (Å²) in [6.45, 7) is 0. The summed E-state index contributed by atoms with van der Waals surface area (Å²) in [4.78, 5) is 4.47. The zero-order valence-corrected chi connectivity index (χ0v) is 13.3. The van der Waals surface area contributed by atoms with Gasteiger partial charge in [0.2, 0.25) is 0 Å². The van der Waals surface area contributed by atoms with Crippen molar-refractivity contribution in [3.8, 4) is 5.75 Å². The van der Waals surface area contributed by atoms with E-state index in [1.54, 1.807) is 13.3 Å². The van der Waals surface area contributed by atoms with Gasteiger partial charge < -0.3 is 4.74 Å². The summed E-state index contributed by atoms with van der Waals surface area (Å²) in [6.07, 6.45) is 1.79. The van der Waals surface area contributed by atoms with E-state index in [1.807, 2.05) is 78.9 Å². The number of methoxy groups -OCH3 is 1. The molecular weight excluding hydrogens is 298 g/mol. The van der Waals surface area contributed by atoms with Crippen LogP contribution < -0.4 is 4.74 Å². The Kier molecular flexibility index (Phi) is 5.10. The molecule has 0 atom stereocenters. The van der Waals surface area contributed by atoms with Crippen molar-refractivity contribution in [1.29, 1.82) is 0 Å². The van der Waals surface area contributed by atoms with Crippen LogP contribution in [0, 0.1) is 0 Å². The van der Waals surface area contributed by atoms with Crippen LogP contribution in [0.1, 0.15) is 5.56 Å². The molecule has 0 heterocycles. The highest BCUT2D eigenvalue weighted by atomic mass is 16.5. The summed E-state index contributed by atoms with van der Waals surface area (Å²) in [5.41, 5.74) is 3.40. The molecular formula is C20H17N3O. The molecule has 3 aromatic carbocycles. The van der Waals surface area contributed by atoms with Crippen LogP contribution in [0.2, 0.25) is 0 Å². The molecule has 0 bridgehead atoms. The number of nitrogens with zero attached hydrogens (tertiary/aromatic N) is 3. The summed E-state index contributed by atoms with van der Waals surface area (Å²) < 4.78 is 5.31. The van der Waals surface area contributed by atoms with E-state index in [9.17, 15) is 0 Å². The first-order valence-electron chi connectivity index (χ1n) is 7.59. The molecule has 4 heteroatoms. The van der Waals surface area contributed by atoms with Crippen LogP contribution in [-0.4, -0.2) is 13.3 Å². The Bertz CT molecular complexity index is 840. The lowest BCUT2D eigenvalue weighted by atomic mass is 10.2. The molecule has 0 fully saturated rings. The summed E-state index contributed by atoms with van der Waals surface area (Å²) in [6, 6.07) is 25.0. The van der Waals surface area contributed by atoms with Crippen molar-refractivity contribution in [2.24, 2.45) is 15.2 Å². The van der Waals surface area contributed by atoms with E-state index in [1.165, 1.54) is 0 Å². The van der Waals surface area contributed by atoms with Crippen LogP contribution in [-0.2, 0) is 0 Å². The van der Waals surface area contributed by atoms with E-state index >= 15 is 0 Å². The summed E-state index contributed by atoms with van der Waals surface area (Å²) in [5.74, 6) is 0.800. The van der Waals surface area contributed by atoms with Gasteiger partial charge in [-0.3, -0.25) is 4.99 Å². The quantitative estimate of drug-likeness (QED) is 0.429. The molecule has 24 heavy (non-hydrogen) atoms. The second kappa shape index (κ2) is 7.83. The minimum atomic E-state index is 0.787. The Morgan fingerprint density at radius 2 is 1.25 bits per heavy atom.